The van der Waals surface area contributed by atoms with Gasteiger partial charge in [0.2, 0.25) is 5.91 Å². The molecule has 1 amide bonds. The van der Waals surface area contributed by atoms with Gasteiger partial charge in [0.25, 0.3) is 0 Å². The van der Waals surface area contributed by atoms with Crippen molar-refractivity contribution in [3.8, 4) is 5.75 Å². The summed E-state index contributed by atoms with van der Waals surface area (Å²) in [6, 6.07) is 8.29. The standard InChI is InChI=1S/C26H38N2O2.2C2H6.CH3NO/c1-16-13-22-26(3,12-10-23(29)28(22)4)20-9-11-25(2)15-19(14-21(25)24(16)20)30-18-7-5-17(27)6-8-18;2*1-2;1-2-3/h5-8,16,19-22,24H,9-15,27H2,1-4H3;2*1-2H3;1H3/t16?,19-,20?,21?,22?,24?,25+,26+;;;/m0.../s1. The molecule has 0 radical (unpaired) electrons. The number of rotatable bonds is 2. The quantitative estimate of drug-likeness (QED) is 0.325. The summed E-state index contributed by atoms with van der Waals surface area (Å²) >= 11 is 0. The van der Waals surface area contributed by atoms with Gasteiger partial charge in [0, 0.05) is 25.2 Å². The molecular weight excluding hydrogens is 462 g/mol. The van der Waals surface area contributed by atoms with E-state index in [9.17, 15) is 4.79 Å². The van der Waals surface area contributed by atoms with Crippen LogP contribution in [0.2, 0.25) is 0 Å². The van der Waals surface area contributed by atoms with Crippen LogP contribution in [-0.4, -0.2) is 37.0 Å². The van der Waals surface area contributed by atoms with Crippen LogP contribution in [0.5, 0.6) is 5.75 Å². The molecule has 37 heavy (non-hydrogen) atoms. The van der Waals surface area contributed by atoms with E-state index in [-0.39, 0.29) is 5.41 Å². The highest BCUT2D eigenvalue weighted by Crippen LogP contribution is 2.66. The predicted octanol–water partition coefficient (Wildman–Crippen LogP) is 7.56. The van der Waals surface area contributed by atoms with E-state index < -0.39 is 0 Å². The van der Waals surface area contributed by atoms with E-state index in [1.165, 1.54) is 26.3 Å². The van der Waals surface area contributed by atoms with Crippen molar-refractivity contribution in [1.29, 1.82) is 0 Å². The van der Waals surface area contributed by atoms with E-state index >= 15 is 0 Å². The lowest BCUT2D eigenvalue weighted by Crippen LogP contribution is -2.62. The van der Waals surface area contributed by atoms with E-state index in [0.29, 0.717) is 29.4 Å². The molecule has 1 aromatic carbocycles. The molecule has 0 spiro atoms. The molecule has 5 rings (SSSR count). The molecule has 4 aliphatic rings. The molecule has 5 unspecified atom stereocenters. The largest absolute Gasteiger partial charge is 0.490 e. The maximum absolute atomic E-state index is 12.4. The van der Waals surface area contributed by atoms with Crippen molar-refractivity contribution in [2.45, 2.75) is 106 Å². The first-order valence-corrected chi connectivity index (χ1v) is 14.6. The van der Waals surface area contributed by atoms with Crippen molar-refractivity contribution < 1.29 is 9.53 Å². The van der Waals surface area contributed by atoms with Crippen LogP contribution in [0.25, 0.3) is 0 Å². The second-order valence-corrected chi connectivity index (χ2v) is 11.7. The Morgan fingerprint density at radius 3 is 2.22 bits per heavy atom. The summed E-state index contributed by atoms with van der Waals surface area (Å²) in [6.45, 7) is 15.5. The second-order valence-electron chi connectivity index (χ2n) is 11.7. The van der Waals surface area contributed by atoms with E-state index in [2.05, 4.69) is 37.9 Å². The maximum Gasteiger partial charge on any atom is 0.222 e. The van der Waals surface area contributed by atoms with Gasteiger partial charge >= 0.3 is 0 Å². The summed E-state index contributed by atoms with van der Waals surface area (Å²) in [6.07, 6.45) is 8.21. The summed E-state index contributed by atoms with van der Waals surface area (Å²) in [5, 5.41) is 2.25. The van der Waals surface area contributed by atoms with Crippen LogP contribution >= 0.6 is 0 Å². The van der Waals surface area contributed by atoms with Gasteiger partial charge in [-0.1, -0.05) is 53.6 Å². The fraction of sp³-hybridized carbons (Fsp3) is 0.774. The number of amides is 1. The lowest BCUT2D eigenvalue weighted by Gasteiger charge is -2.63. The summed E-state index contributed by atoms with van der Waals surface area (Å²) in [5.41, 5.74) is 7.29. The highest BCUT2D eigenvalue weighted by molar-refractivity contribution is 5.77. The normalized spacial score (nSPS) is 37.5. The zero-order valence-corrected chi connectivity index (χ0v) is 24.9. The minimum atomic E-state index is 0.275. The van der Waals surface area contributed by atoms with Gasteiger partial charge in [0.1, 0.15) is 5.75 Å². The monoisotopic (exact) mass is 515 g/mol. The van der Waals surface area contributed by atoms with Crippen molar-refractivity contribution >= 4 is 11.6 Å². The van der Waals surface area contributed by atoms with Gasteiger partial charge in [0.05, 0.1) is 13.2 Å². The fourth-order valence-electron chi connectivity index (χ4n) is 8.29. The van der Waals surface area contributed by atoms with Gasteiger partial charge < -0.3 is 15.4 Å². The van der Waals surface area contributed by atoms with E-state index in [4.69, 9.17) is 15.4 Å². The van der Waals surface area contributed by atoms with Gasteiger partial charge in [-0.25, -0.2) is 0 Å². The van der Waals surface area contributed by atoms with Gasteiger partial charge in [-0.3, -0.25) is 4.79 Å². The number of anilines is 1. The van der Waals surface area contributed by atoms with Crippen LogP contribution in [0.3, 0.4) is 0 Å². The number of carbonyl (C=O) groups excluding carboxylic acids is 1. The molecular formula is C31H53N3O3. The van der Waals surface area contributed by atoms with Crippen molar-refractivity contribution in [2.75, 3.05) is 19.8 Å². The smallest absolute Gasteiger partial charge is 0.222 e. The lowest BCUT2D eigenvalue weighted by atomic mass is 9.45. The molecule has 8 atom stereocenters. The Morgan fingerprint density at radius 1 is 1.03 bits per heavy atom. The Bertz CT molecular complexity index is 875. The van der Waals surface area contributed by atoms with Crippen LogP contribution in [0.15, 0.2) is 29.4 Å². The van der Waals surface area contributed by atoms with Crippen molar-refractivity contribution in [3.63, 3.8) is 0 Å². The Balaban J connectivity index is 0.000000630. The Hall–Kier alpha value is -2.11. The van der Waals surface area contributed by atoms with Crippen molar-refractivity contribution in [3.05, 3.63) is 29.2 Å². The molecule has 6 nitrogen and oxygen atoms in total. The summed E-state index contributed by atoms with van der Waals surface area (Å²) in [5.74, 6) is 4.18. The third kappa shape index (κ3) is 6.15. The van der Waals surface area contributed by atoms with E-state index in [1.54, 1.807) is 0 Å². The van der Waals surface area contributed by atoms with Crippen LogP contribution in [0.4, 0.5) is 5.69 Å². The minimum absolute atomic E-state index is 0.275. The highest BCUT2D eigenvalue weighted by atomic mass is 16.5. The van der Waals surface area contributed by atoms with E-state index in [1.807, 2.05) is 52.0 Å². The second kappa shape index (κ2) is 13.1. The third-order valence-corrected chi connectivity index (χ3v) is 9.84. The molecule has 1 aromatic rings. The van der Waals surface area contributed by atoms with Crippen LogP contribution < -0.4 is 10.5 Å². The van der Waals surface area contributed by atoms with Gasteiger partial charge in [-0.2, -0.15) is 4.91 Å². The first-order valence-electron chi connectivity index (χ1n) is 14.6. The zero-order chi connectivity index (χ0) is 28.0. The van der Waals surface area contributed by atoms with Crippen LogP contribution in [0.1, 0.15) is 93.4 Å². The lowest BCUT2D eigenvalue weighted by molar-refractivity contribution is -0.164. The molecule has 1 heterocycles. The molecule has 3 saturated carbocycles. The summed E-state index contributed by atoms with van der Waals surface area (Å²) in [4.78, 5) is 23.1. The maximum atomic E-state index is 12.4. The van der Waals surface area contributed by atoms with Crippen LogP contribution in [-0.2, 0) is 4.79 Å². The molecule has 210 valence electrons. The highest BCUT2D eigenvalue weighted by Gasteiger charge is 2.62. The molecule has 2 N–H and O–H groups in total. The molecule has 0 bridgehead atoms. The first-order chi connectivity index (χ1) is 17.6. The molecule has 1 aliphatic heterocycles. The number of nitroso groups, excluding NO2 is 1. The van der Waals surface area contributed by atoms with Gasteiger partial charge in [-0.15, -0.1) is 0 Å². The number of piperidine rings is 1. The number of nitrogens with zero attached hydrogens (tertiary/aromatic N) is 2. The first kappa shape index (κ1) is 31.1. The molecule has 0 aromatic heterocycles. The number of ether oxygens (including phenoxy) is 1. The Kier molecular flexibility index (Phi) is 11.0. The number of likely N-dealkylation sites (tertiary alicyclic amines) is 1. The SMILES string of the molecule is CC.CC.CC1CC2N(C)C(=O)CC[C@]2(C)C2CC[C@]3(C)C[C@@H](Oc4ccc(N)cc4)CC3C12.CN=O. The van der Waals surface area contributed by atoms with E-state index in [0.717, 1.165) is 54.9 Å². The Labute approximate surface area is 226 Å². The molecule has 4 fully saturated rings. The third-order valence-electron chi connectivity index (χ3n) is 9.84. The molecule has 1 saturated heterocycles. The summed E-state index contributed by atoms with van der Waals surface area (Å²) in [7, 11) is 3.25. The topological polar surface area (TPSA) is 85.0 Å². The summed E-state index contributed by atoms with van der Waals surface area (Å²) < 4.78 is 6.46. The zero-order valence-electron chi connectivity index (χ0n) is 24.9. The number of benzene rings is 1. The van der Waals surface area contributed by atoms with Gasteiger partial charge in [0.15, 0.2) is 0 Å². The van der Waals surface area contributed by atoms with Crippen LogP contribution in [0, 0.1) is 39.4 Å². The van der Waals surface area contributed by atoms with Gasteiger partial charge in [-0.05, 0) is 97.3 Å². The average Bonchev–Trinajstić information content (AvgIpc) is 3.23. The number of hydrogen-bond donors (Lipinski definition) is 1. The predicted molar refractivity (Wildman–Crippen MR) is 154 cm³/mol. The number of fused-ring (bicyclic) bond motifs is 5. The number of carbonyl (C=O) groups is 1. The average molecular weight is 516 g/mol. The Morgan fingerprint density at radius 2 is 1.62 bits per heavy atom. The minimum Gasteiger partial charge on any atom is -0.490 e. The number of hydrogen-bond acceptors (Lipinski definition) is 5. The number of nitrogen functional groups attached to an aromatic ring is 1. The number of nitrogens with two attached hydrogens (primary N) is 1. The van der Waals surface area contributed by atoms with Crippen molar-refractivity contribution in [2.24, 2.45) is 39.7 Å². The molecule has 6 heteroatoms. The van der Waals surface area contributed by atoms with Crippen molar-refractivity contribution in [1.82, 2.24) is 4.90 Å². The molecule has 3 aliphatic carbocycles. The fourth-order valence-corrected chi connectivity index (χ4v) is 8.29.